The maximum atomic E-state index is 12.3. The summed E-state index contributed by atoms with van der Waals surface area (Å²) in [5, 5.41) is 3.54. The van der Waals surface area contributed by atoms with Crippen LogP contribution in [-0.4, -0.2) is 53.2 Å². The van der Waals surface area contributed by atoms with Crippen LogP contribution in [0.1, 0.15) is 122 Å². The van der Waals surface area contributed by atoms with E-state index in [9.17, 15) is 14.4 Å². The fourth-order valence-corrected chi connectivity index (χ4v) is 6.21. The van der Waals surface area contributed by atoms with Crippen LogP contribution < -0.4 is 5.32 Å². The fourth-order valence-electron chi connectivity index (χ4n) is 5.18. The minimum Gasteiger partial charge on any atom is -0.444 e. The smallest absolute Gasteiger partial charge is 0.444 e. The van der Waals surface area contributed by atoms with Gasteiger partial charge in [0.05, 0.1) is 6.04 Å². The highest BCUT2D eigenvalue weighted by Crippen LogP contribution is 2.36. The van der Waals surface area contributed by atoms with Crippen molar-refractivity contribution < 1.29 is 33.3 Å². The van der Waals surface area contributed by atoms with Gasteiger partial charge in [0.15, 0.2) is 0 Å². The summed E-state index contributed by atoms with van der Waals surface area (Å²) in [4.78, 5) is 36.2. The van der Waals surface area contributed by atoms with Crippen LogP contribution >= 0.6 is 45.2 Å². The maximum absolute atomic E-state index is 12.3. The minimum atomic E-state index is -1.06. The summed E-state index contributed by atoms with van der Waals surface area (Å²) in [5.41, 5.74) is 3.63. The van der Waals surface area contributed by atoms with E-state index in [4.69, 9.17) is 14.2 Å². The zero-order valence-corrected chi connectivity index (χ0v) is 34.7. The second kappa shape index (κ2) is 18.2. The van der Waals surface area contributed by atoms with Crippen molar-refractivity contribution in [3.8, 4) is 0 Å². The second-order valence-electron chi connectivity index (χ2n) is 14.9. The number of rotatable bonds is 2. The molecule has 2 aliphatic rings. The molecule has 0 aromatic heterocycles. The summed E-state index contributed by atoms with van der Waals surface area (Å²) in [6.45, 7) is 22.1. The number of ether oxygens (including phenoxy) is 4. The average molecular weight is 893 g/mol. The molecule has 2 fully saturated rings. The molecule has 9 nitrogen and oxygen atoms in total. The van der Waals surface area contributed by atoms with E-state index in [2.05, 4.69) is 105 Å². The lowest BCUT2D eigenvalue weighted by Gasteiger charge is -2.29. The van der Waals surface area contributed by atoms with Gasteiger partial charge in [0.2, 0.25) is 0 Å². The van der Waals surface area contributed by atoms with Gasteiger partial charge in [-0.05, 0) is 188 Å². The Morgan fingerprint density at radius 1 is 0.708 bits per heavy atom. The third kappa shape index (κ3) is 14.8. The molecule has 2 atom stereocenters. The van der Waals surface area contributed by atoms with Crippen molar-refractivity contribution in [2.75, 3.05) is 13.1 Å². The Labute approximate surface area is 314 Å². The van der Waals surface area contributed by atoms with Gasteiger partial charge < -0.3 is 29.2 Å². The number of amides is 1. The summed E-state index contributed by atoms with van der Waals surface area (Å²) in [6.07, 6.45) is 2.35. The molecule has 2 unspecified atom stereocenters. The molecule has 0 saturated carbocycles. The maximum Gasteiger partial charge on any atom is 0.519 e. The number of likely N-dealkylation sites (tertiary alicyclic amines) is 1. The quantitative estimate of drug-likeness (QED) is 0.138. The van der Waals surface area contributed by atoms with Crippen LogP contribution in [0, 0.1) is 21.0 Å². The molecule has 4 rings (SSSR count). The Morgan fingerprint density at radius 2 is 1.19 bits per heavy atom. The second-order valence-corrected chi connectivity index (χ2v) is 17.2. The van der Waals surface area contributed by atoms with Crippen molar-refractivity contribution in [3.05, 3.63) is 65.8 Å². The molecule has 2 aliphatic heterocycles. The van der Waals surface area contributed by atoms with Gasteiger partial charge >= 0.3 is 18.4 Å². The summed E-state index contributed by atoms with van der Waals surface area (Å²) in [7, 11) is 0. The molecule has 2 heterocycles. The largest absolute Gasteiger partial charge is 0.519 e. The molecule has 48 heavy (non-hydrogen) atoms. The van der Waals surface area contributed by atoms with Gasteiger partial charge in [-0.25, -0.2) is 14.4 Å². The van der Waals surface area contributed by atoms with Crippen molar-refractivity contribution in [3.63, 3.8) is 0 Å². The van der Waals surface area contributed by atoms with Gasteiger partial charge in [-0.15, -0.1) is 0 Å². The normalized spacial score (nSPS) is 17.7. The van der Waals surface area contributed by atoms with Gasteiger partial charge in [0.25, 0.3) is 0 Å². The Morgan fingerprint density at radius 3 is 1.65 bits per heavy atom. The van der Waals surface area contributed by atoms with E-state index in [0.29, 0.717) is 6.04 Å². The predicted molar refractivity (Wildman–Crippen MR) is 206 cm³/mol. The molecular weight excluding hydrogens is 838 g/mol. The molecule has 1 N–H and O–H groups in total. The average Bonchev–Trinajstić information content (AvgIpc) is 3.62. The van der Waals surface area contributed by atoms with Crippen LogP contribution in [0.4, 0.5) is 14.4 Å². The highest BCUT2D eigenvalue weighted by Gasteiger charge is 2.34. The lowest BCUT2D eigenvalue weighted by atomic mass is 9.99. The highest BCUT2D eigenvalue weighted by atomic mass is 127. The number of benzene rings is 2. The number of nitrogens with one attached hydrogen (secondary N) is 1. The van der Waals surface area contributed by atoms with Crippen molar-refractivity contribution >= 4 is 63.6 Å². The molecule has 0 spiro atoms. The molecule has 268 valence electrons. The van der Waals surface area contributed by atoms with E-state index in [-0.39, 0.29) is 12.1 Å². The number of hydrogen-bond donors (Lipinski definition) is 1. The standard InChI is InChI=1S/C16H22INO2.C11H14IN.C10H18O5/c1-11-12(7-5-8-13(11)17)14-9-6-10-18(14)15(19)20-16(2,3)4;1-8-9(4-2-5-10(8)12)11-6-3-7-13-11;1-9(2,3)14-7(11)13-8(12)15-10(4,5)6/h5,7-8,14H,6,9-10H2,1-4H3;2,4-5,11,13H,3,6-7H2,1H3;1-6H3. The van der Waals surface area contributed by atoms with Gasteiger partial charge in [-0.1, -0.05) is 24.3 Å². The van der Waals surface area contributed by atoms with E-state index in [1.807, 2.05) is 25.7 Å². The first-order valence-corrected chi connectivity index (χ1v) is 18.6. The Bertz CT molecular complexity index is 1360. The molecule has 2 aromatic carbocycles. The molecule has 2 saturated heterocycles. The van der Waals surface area contributed by atoms with E-state index in [1.165, 1.54) is 48.8 Å². The third-order valence-electron chi connectivity index (χ3n) is 7.24. The molecule has 0 bridgehead atoms. The number of halogens is 2. The summed E-state index contributed by atoms with van der Waals surface area (Å²) in [5.74, 6) is 0. The topological polar surface area (TPSA) is 103 Å². The minimum absolute atomic E-state index is 0.152. The first kappa shape index (κ1) is 42.0. The van der Waals surface area contributed by atoms with E-state index in [0.717, 1.165) is 19.4 Å². The molecule has 0 radical (unpaired) electrons. The van der Waals surface area contributed by atoms with E-state index in [1.54, 1.807) is 41.5 Å². The van der Waals surface area contributed by atoms with Gasteiger partial charge in [0, 0.05) is 19.7 Å². The highest BCUT2D eigenvalue weighted by molar-refractivity contribution is 14.1. The van der Waals surface area contributed by atoms with Crippen LogP contribution in [-0.2, 0) is 18.9 Å². The van der Waals surface area contributed by atoms with Crippen molar-refractivity contribution in [2.24, 2.45) is 0 Å². The van der Waals surface area contributed by atoms with Crippen LogP contribution in [0.25, 0.3) is 0 Å². The first-order valence-electron chi connectivity index (χ1n) is 16.4. The number of nitrogens with zero attached hydrogens (tertiary/aromatic N) is 1. The first-order chi connectivity index (χ1) is 22.1. The lowest BCUT2D eigenvalue weighted by Crippen LogP contribution is -2.36. The number of hydrogen-bond acceptors (Lipinski definition) is 8. The monoisotopic (exact) mass is 892 g/mol. The van der Waals surface area contributed by atoms with Crippen LogP contribution in [0.2, 0.25) is 0 Å². The molecule has 0 aliphatic carbocycles. The van der Waals surface area contributed by atoms with Gasteiger partial charge in [0.1, 0.15) is 16.8 Å². The van der Waals surface area contributed by atoms with E-state index >= 15 is 0 Å². The predicted octanol–water partition coefficient (Wildman–Crippen LogP) is 10.6. The Kier molecular flexibility index (Phi) is 15.9. The zero-order chi connectivity index (χ0) is 36.4. The van der Waals surface area contributed by atoms with Crippen LogP contribution in [0.15, 0.2) is 36.4 Å². The number of carbonyl (C=O) groups is 3. The van der Waals surface area contributed by atoms with Gasteiger partial charge in [-0.2, -0.15) is 0 Å². The van der Waals surface area contributed by atoms with Crippen LogP contribution in [0.3, 0.4) is 0 Å². The Balaban J connectivity index is 0.000000257. The Hall–Kier alpha value is -2.13. The SMILES string of the molecule is CC(C)(C)OC(=O)OC(=O)OC(C)(C)C.Cc1c(I)cccc1C1CCCN1.Cc1c(I)cccc1C1CCCN1C(=O)OC(C)(C)C. The van der Waals surface area contributed by atoms with Gasteiger partial charge in [-0.3, -0.25) is 0 Å². The molecular formula is C37H54I2N2O7. The number of carbonyl (C=O) groups excluding carboxylic acids is 3. The van der Waals surface area contributed by atoms with Crippen molar-refractivity contribution in [2.45, 2.75) is 131 Å². The van der Waals surface area contributed by atoms with Crippen molar-refractivity contribution in [1.29, 1.82) is 0 Å². The molecule has 1 amide bonds. The lowest BCUT2D eigenvalue weighted by molar-refractivity contribution is -0.0294. The molecule has 11 heteroatoms. The third-order valence-corrected chi connectivity index (χ3v) is 9.58. The fraction of sp³-hybridized carbons (Fsp3) is 0.595. The van der Waals surface area contributed by atoms with E-state index < -0.39 is 29.1 Å². The summed E-state index contributed by atoms with van der Waals surface area (Å²) in [6, 6.07) is 13.6. The van der Waals surface area contributed by atoms with Crippen LogP contribution in [0.5, 0.6) is 0 Å². The zero-order valence-electron chi connectivity index (χ0n) is 30.4. The molecule has 2 aromatic rings. The van der Waals surface area contributed by atoms with Crippen molar-refractivity contribution in [1.82, 2.24) is 10.2 Å². The summed E-state index contributed by atoms with van der Waals surface area (Å²) >= 11 is 4.76. The summed E-state index contributed by atoms with van der Waals surface area (Å²) < 4.78 is 22.0.